The molecule has 0 spiro atoms. The Kier molecular flexibility index (Phi) is 5.27. The van der Waals surface area contributed by atoms with E-state index in [1.54, 1.807) is 0 Å². The molecular formula is C45H28O. The van der Waals surface area contributed by atoms with Crippen LogP contribution in [0.5, 0.6) is 11.5 Å². The molecule has 1 atom stereocenters. The van der Waals surface area contributed by atoms with Crippen LogP contribution in [0.1, 0.15) is 22.3 Å². The van der Waals surface area contributed by atoms with Crippen LogP contribution in [0.4, 0.5) is 0 Å². The van der Waals surface area contributed by atoms with E-state index in [1.807, 2.05) is 0 Å². The average molecular weight is 585 g/mol. The molecule has 1 aliphatic heterocycles. The molecule has 0 fully saturated rings. The summed E-state index contributed by atoms with van der Waals surface area (Å²) in [5.74, 6) is 1.81. The predicted octanol–water partition coefficient (Wildman–Crippen LogP) is 11.8. The summed E-state index contributed by atoms with van der Waals surface area (Å²) in [5, 5.41) is 4.92. The van der Waals surface area contributed by atoms with Gasteiger partial charge in [-0.3, -0.25) is 0 Å². The number of hydrogen-bond acceptors (Lipinski definition) is 1. The molecule has 0 saturated carbocycles. The molecule has 1 aliphatic carbocycles. The number of ether oxygens (including phenoxy) is 1. The second kappa shape index (κ2) is 9.54. The Balaban J connectivity index is 1.30. The van der Waals surface area contributed by atoms with E-state index in [2.05, 4.69) is 170 Å². The van der Waals surface area contributed by atoms with Gasteiger partial charge in [0.05, 0.1) is 5.41 Å². The summed E-state index contributed by atoms with van der Waals surface area (Å²) in [7, 11) is 0. The van der Waals surface area contributed by atoms with Crippen LogP contribution < -0.4 is 4.74 Å². The lowest BCUT2D eigenvalue weighted by Gasteiger charge is -2.34. The van der Waals surface area contributed by atoms with Gasteiger partial charge in [0.2, 0.25) is 0 Å². The van der Waals surface area contributed by atoms with E-state index in [0.29, 0.717) is 0 Å². The fourth-order valence-electron chi connectivity index (χ4n) is 8.28. The number of para-hydroxylation sites is 1. The first-order chi connectivity index (χ1) is 22.8. The van der Waals surface area contributed by atoms with Crippen molar-refractivity contribution in [2.75, 3.05) is 0 Å². The Bertz CT molecular complexity index is 2510. The quantitative estimate of drug-likeness (QED) is 0.201. The van der Waals surface area contributed by atoms with Gasteiger partial charge >= 0.3 is 0 Å². The summed E-state index contributed by atoms with van der Waals surface area (Å²) in [6, 6.07) is 62.1. The molecule has 2 aliphatic rings. The van der Waals surface area contributed by atoms with E-state index >= 15 is 0 Å². The van der Waals surface area contributed by atoms with Crippen LogP contribution in [0.2, 0.25) is 0 Å². The van der Waals surface area contributed by atoms with E-state index in [9.17, 15) is 0 Å². The third-order valence-electron chi connectivity index (χ3n) is 10.1. The molecule has 1 heteroatoms. The lowest BCUT2D eigenvalue weighted by molar-refractivity contribution is 0.487. The highest BCUT2D eigenvalue weighted by atomic mass is 16.5. The molecule has 214 valence electrons. The van der Waals surface area contributed by atoms with Gasteiger partial charge in [-0.05, 0) is 78.9 Å². The summed E-state index contributed by atoms with van der Waals surface area (Å²) >= 11 is 0. The topological polar surface area (TPSA) is 9.23 Å². The summed E-state index contributed by atoms with van der Waals surface area (Å²) in [6.07, 6.45) is 0. The highest BCUT2D eigenvalue weighted by Gasteiger charge is 2.46. The van der Waals surface area contributed by atoms with E-state index in [0.717, 1.165) is 17.1 Å². The van der Waals surface area contributed by atoms with Gasteiger partial charge in [0.1, 0.15) is 11.5 Å². The first-order valence-corrected chi connectivity index (χ1v) is 15.9. The molecule has 1 unspecified atom stereocenters. The van der Waals surface area contributed by atoms with Crippen LogP contribution in [0, 0.1) is 0 Å². The van der Waals surface area contributed by atoms with Crippen molar-refractivity contribution in [3.05, 3.63) is 192 Å². The number of rotatable bonds is 3. The maximum absolute atomic E-state index is 6.43. The SMILES string of the molecule is c1ccc(C2(c3cccc(-c4ccc5cccc6c5c4-c4ccccc4O6)c3)c3ccccc3-c3c2ccc2ccccc32)cc1. The highest BCUT2D eigenvalue weighted by Crippen LogP contribution is 2.58. The third-order valence-corrected chi connectivity index (χ3v) is 10.1. The minimum atomic E-state index is -0.479. The molecule has 1 nitrogen and oxygen atoms in total. The van der Waals surface area contributed by atoms with E-state index in [-0.39, 0.29) is 0 Å². The molecule has 0 saturated heterocycles. The van der Waals surface area contributed by atoms with Crippen molar-refractivity contribution < 1.29 is 4.74 Å². The maximum atomic E-state index is 6.43. The largest absolute Gasteiger partial charge is 0.456 e. The van der Waals surface area contributed by atoms with Crippen LogP contribution >= 0.6 is 0 Å². The molecule has 0 radical (unpaired) electrons. The van der Waals surface area contributed by atoms with E-state index < -0.39 is 5.41 Å². The van der Waals surface area contributed by atoms with Crippen LogP contribution in [0.15, 0.2) is 170 Å². The molecule has 8 aromatic carbocycles. The zero-order valence-corrected chi connectivity index (χ0v) is 25.1. The number of fused-ring (bicyclic) bond motifs is 7. The Labute approximate surface area is 268 Å². The third kappa shape index (κ3) is 3.35. The Morgan fingerprint density at radius 1 is 0.391 bits per heavy atom. The fraction of sp³-hybridized carbons (Fsp3) is 0.0222. The van der Waals surface area contributed by atoms with Crippen LogP contribution in [0.3, 0.4) is 0 Å². The molecule has 8 aromatic rings. The van der Waals surface area contributed by atoms with Crippen molar-refractivity contribution >= 4 is 21.5 Å². The zero-order chi connectivity index (χ0) is 30.2. The Morgan fingerprint density at radius 3 is 2.02 bits per heavy atom. The minimum Gasteiger partial charge on any atom is -0.456 e. The van der Waals surface area contributed by atoms with Gasteiger partial charge in [0, 0.05) is 16.5 Å². The lowest BCUT2D eigenvalue weighted by Crippen LogP contribution is -2.28. The van der Waals surface area contributed by atoms with Crippen molar-refractivity contribution in [1.29, 1.82) is 0 Å². The van der Waals surface area contributed by atoms with Gasteiger partial charge in [-0.2, -0.15) is 0 Å². The lowest BCUT2D eigenvalue weighted by atomic mass is 9.67. The summed E-state index contributed by atoms with van der Waals surface area (Å²) in [5.41, 5.74) is 12.1. The monoisotopic (exact) mass is 584 g/mol. The van der Waals surface area contributed by atoms with Crippen LogP contribution in [-0.4, -0.2) is 0 Å². The molecule has 0 aromatic heterocycles. The summed E-state index contributed by atoms with van der Waals surface area (Å²) in [6.45, 7) is 0. The number of benzene rings is 8. The van der Waals surface area contributed by atoms with E-state index in [4.69, 9.17) is 4.74 Å². The van der Waals surface area contributed by atoms with Gasteiger partial charge < -0.3 is 4.74 Å². The Morgan fingerprint density at radius 2 is 1.09 bits per heavy atom. The zero-order valence-electron chi connectivity index (χ0n) is 25.1. The van der Waals surface area contributed by atoms with E-state index in [1.165, 1.54) is 71.6 Å². The van der Waals surface area contributed by atoms with Gasteiger partial charge in [-0.25, -0.2) is 0 Å². The standard InChI is InChI=1S/C45H28O/c1-2-15-32(16-3-1)45(38-21-8-6-19-36(38)43-34-18-5-4-12-29(34)25-27-39(43)45)33-17-10-14-31(28-33)35-26-24-30-13-11-23-41-42(30)44(35)37-20-7-9-22-40(37)46-41/h1-28H. The first kappa shape index (κ1) is 25.4. The minimum absolute atomic E-state index is 0.479. The van der Waals surface area contributed by atoms with Crippen LogP contribution in [0.25, 0.3) is 54.9 Å². The van der Waals surface area contributed by atoms with Gasteiger partial charge in [-0.15, -0.1) is 0 Å². The fourth-order valence-corrected chi connectivity index (χ4v) is 8.28. The molecule has 0 bridgehead atoms. The summed E-state index contributed by atoms with van der Waals surface area (Å²) in [4.78, 5) is 0. The second-order valence-electron chi connectivity index (χ2n) is 12.4. The van der Waals surface area contributed by atoms with Crippen molar-refractivity contribution in [3.63, 3.8) is 0 Å². The average Bonchev–Trinajstić information content (AvgIpc) is 3.44. The van der Waals surface area contributed by atoms with Crippen LogP contribution in [-0.2, 0) is 5.41 Å². The van der Waals surface area contributed by atoms with Gasteiger partial charge in [0.15, 0.2) is 0 Å². The molecule has 10 rings (SSSR count). The van der Waals surface area contributed by atoms with Crippen molar-refractivity contribution in [3.8, 4) is 44.9 Å². The number of hydrogen-bond donors (Lipinski definition) is 0. The second-order valence-corrected chi connectivity index (χ2v) is 12.4. The van der Waals surface area contributed by atoms with Gasteiger partial charge in [0.25, 0.3) is 0 Å². The van der Waals surface area contributed by atoms with Crippen molar-refractivity contribution in [1.82, 2.24) is 0 Å². The molecule has 1 heterocycles. The molecule has 0 amide bonds. The maximum Gasteiger partial charge on any atom is 0.135 e. The molecule has 46 heavy (non-hydrogen) atoms. The highest BCUT2D eigenvalue weighted by molar-refractivity contribution is 6.10. The first-order valence-electron chi connectivity index (χ1n) is 15.9. The summed E-state index contributed by atoms with van der Waals surface area (Å²) < 4.78 is 6.43. The van der Waals surface area contributed by atoms with Crippen molar-refractivity contribution in [2.24, 2.45) is 0 Å². The van der Waals surface area contributed by atoms with Gasteiger partial charge in [-0.1, -0.05) is 152 Å². The normalized spacial score (nSPS) is 15.7. The smallest absolute Gasteiger partial charge is 0.135 e. The Hall–Kier alpha value is -5.92. The predicted molar refractivity (Wildman–Crippen MR) is 190 cm³/mol. The molecule has 0 N–H and O–H groups in total. The molecular weight excluding hydrogens is 556 g/mol. The van der Waals surface area contributed by atoms with Crippen molar-refractivity contribution in [2.45, 2.75) is 5.41 Å².